The zero-order valence-corrected chi connectivity index (χ0v) is 7.01. The van der Waals surface area contributed by atoms with Gasteiger partial charge in [0.05, 0.1) is 0 Å². The first-order chi connectivity index (χ1) is 5.52. The molecule has 0 amide bonds. The van der Waals surface area contributed by atoms with E-state index in [1.165, 1.54) is 0 Å². The van der Waals surface area contributed by atoms with E-state index < -0.39 is 17.8 Å². The van der Waals surface area contributed by atoms with E-state index in [1.54, 1.807) is 4.98 Å². The predicted molar refractivity (Wildman–Crippen MR) is 38.1 cm³/mol. The SMILES string of the molecule is O=c1[nH]c(=O)n(C(F)F)nc1Br. The number of aromatic amines is 1. The molecule has 0 aliphatic heterocycles. The van der Waals surface area contributed by atoms with E-state index in [0.717, 1.165) is 0 Å². The zero-order chi connectivity index (χ0) is 9.30. The summed E-state index contributed by atoms with van der Waals surface area (Å²) < 4.78 is 23.3. The van der Waals surface area contributed by atoms with Gasteiger partial charge in [-0.1, -0.05) is 0 Å². The van der Waals surface area contributed by atoms with Crippen LogP contribution in [0.2, 0.25) is 0 Å². The molecule has 8 heteroatoms. The third-order valence-electron chi connectivity index (χ3n) is 0.996. The van der Waals surface area contributed by atoms with Crippen molar-refractivity contribution in [3.05, 3.63) is 25.4 Å². The Kier molecular flexibility index (Phi) is 2.36. The zero-order valence-electron chi connectivity index (χ0n) is 5.42. The van der Waals surface area contributed by atoms with Crippen LogP contribution in [0.4, 0.5) is 8.78 Å². The van der Waals surface area contributed by atoms with Crippen molar-refractivity contribution in [2.24, 2.45) is 0 Å². The van der Waals surface area contributed by atoms with Gasteiger partial charge in [0.1, 0.15) is 0 Å². The first-order valence-corrected chi connectivity index (χ1v) is 3.48. The van der Waals surface area contributed by atoms with Crippen molar-refractivity contribution in [3.8, 4) is 0 Å². The molecule has 0 aliphatic rings. The van der Waals surface area contributed by atoms with Crippen LogP contribution in [-0.4, -0.2) is 14.8 Å². The lowest BCUT2D eigenvalue weighted by molar-refractivity contribution is 0.0484. The van der Waals surface area contributed by atoms with Crippen LogP contribution in [0.3, 0.4) is 0 Å². The van der Waals surface area contributed by atoms with Gasteiger partial charge in [-0.15, -0.1) is 0 Å². The van der Waals surface area contributed by atoms with E-state index in [-0.39, 0.29) is 9.28 Å². The summed E-state index contributed by atoms with van der Waals surface area (Å²) in [5, 5.41) is 3.00. The highest BCUT2D eigenvalue weighted by atomic mass is 79.9. The molecule has 66 valence electrons. The number of aromatic nitrogens is 3. The maximum atomic E-state index is 11.9. The Morgan fingerprint density at radius 1 is 1.50 bits per heavy atom. The summed E-state index contributed by atoms with van der Waals surface area (Å²) in [7, 11) is 0. The smallest absolute Gasteiger partial charge is 0.270 e. The van der Waals surface area contributed by atoms with Crippen LogP contribution in [0.25, 0.3) is 0 Å². The Hall–Kier alpha value is -1.05. The van der Waals surface area contributed by atoms with Gasteiger partial charge in [0.15, 0.2) is 4.60 Å². The van der Waals surface area contributed by atoms with Crippen molar-refractivity contribution in [3.63, 3.8) is 0 Å². The number of nitrogens with zero attached hydrogens (tertiary/aromatic N) is 2. The van der Waals surface area contributed by atoms with Crippen LogP contribution < -0.4 is 11.2 Å². The van der Waals surface area contributed by atoms with Crippen LogP contribution in [0.15, 0.2) is 14.2 Å². The summed E-state index contributed by atoms with van der Waals surface area (Å²) in [6.07, 6.45) is 0. The molecule has 12 heavy (non-hydrogen) atoms. The molecule has 1 N–H and O–H groups in total. The summed E-state index contributed by atoms with van der Waals surface area (Å²) in [5.74, 6) is 0. The molecule has 0 unspecified atom stereocenters. The minimum Gasteiger partial charge on any atom is -0.270 e. The average Bonchev–Trinajstić information content (AvgIpc) is 1.96. The number of rotatable bonds is 1. The lowest BCUT2D eigenvalue weighted by Gasteiger charge is -1.99. The average molecular weight is 242 g/mol. The molecular formula is C4H2BrF2N3O2. The van der Waals surface area contributed by atoms with E-state index in [4.69, 9.17) is 0 Å². The van der Waals surface area contributed by atoms with Crippen molar-refractivity contribution < 1.29 is 8.78 Å². The van der Waals surface area contributed by atoms with Crippen molar-refractivity contribution in [2.45, 2.75) is 6.55 Å². The van der Waals surface area contributed by atoms with Crippen LogP contribution in [0.5, 0.6) is 0 Å². The minimum atomic E-state index is -3.06. The number of H-pyrrole nitrogens is 1. The molecule has 0 radical (unpaired) electrons. The van der Waals surface area contributed by atoms with Gasteiger partial charge in [-0.2, -0.15) is 18.6 Å². The summed E-state index contributed by atoms with van der Waals surface area (Å²) in [4.78, 5) is 22.8. The maximum Gasteiger partial charge on any atom is 0.349 e. The largest absolute Gasteiger partial charge is 0.349 e. The summed E-state index contributed by atoms with van der Waals surface area (Å²) >= 11 is 2.60. The third-order valence-corrected chi connectivity index (χ3v) is 1.52. The molecule has 0 atom stereocenters. The quantitative estimate of drug-likeness (QED) is 0.758. The molecule has 0 fully saturated rings. The van der Waals surface area contributed by atoms with Crippen molar-refractivity contribution >= 4 is 15.9 Å². The molecule has 0 saturated heterocycles. The third kappa shape index (κ3) is 1.58. The second kappa shape index (κ2) is 3.13. The molecule has 0 bridgehead atoms. The van der Waals surface area contributed by atoms with E-state index in [0.29, 0.717) is 0 Å². The van der Waals surface area contributed by atoms with Crippen LogP contribution in [0.1, 0.15) is 6.55 Å². The van der Waals surface area contributed by atoms with Gasteiger partial charge in [0, 0.05) is 0 Å². The van der Waals surface area contributed by atoms with Crippen LogP contribution in [-0.2, 0) is 0 Å². The molecule has 1 aromatic heterocycles. The topological polar surface area (TPSA) is 67.8 Å². The van der Waals surface area contributed by atoms with E-state index in [1.807, 2.05) is 0 Å². The number of alkyl halides is 2. The van der Waals surface area contributed by atoms with E-state index >= 15 is 0 Å². The minimum absolute atomic E-state index is 0.133. The van der Waals surface area contributed by atoms with Crippen molar-refractivity contribution in [2.75, 3.05) is 0 Å². The van der Waals surface area contributed by atoms with E-state index in [9.17, 15) is 18.4 Å². The lowest BCUT2D eigenvalue weighted by Crippen LogP contribution is -2.33. The predicted octanol–water partition coefficient (Wildman–Crippen LogP) is 0.0892. The Morgan fingerprint density at radius 2 is 2.08 bits per heavy atom. The molecule has 1 aromatic rings. The van der Waals surface area contributed by atoms with Crippen LogP contribution in [0, 0.1) is 0 Å². The maximum absolute atomic E-state index is 11.9. The lowest BCUT2D eigenvalue weighted by atomic mass is 10.8. The van der Waals surface area contributed by atoms with Gasteiger partial charge >= 0.3 is 12.2 Å². The molecule has 0 spiro atoms. The molecule has 0 saturated carbocycles. The first kappa shape index (κ1) is 9.04. The fourth-order valence-electron chi connectivity index (χ4n) is 0.524. The second-order valence-corrected chi connectivity index (χ2v) is 2.52. The normalized spacial score (nSPS) is 10.7. The number of halogens is 3. The monoisotopic (exact) mass is 241 g/mol. The number of nitrogens with one attached hydrogen (secondary N) is 1. The van der Waals surface area contributed by atoms with Gasteiger partial charge in [-0.3, -0.25) is 9.78 Å². The second-order valence-electron chi connectivity index (χ2n) is 1.77. The highest BCUT2D eigenvalue weighted by molar-refractivity contribution is 9.10. The molecule has 1 rings (SSSR count). The molecule has 5 nitrogen and oxygen atoms in total. The summed E-state index contributed by atoms with van der Waals surface area (Å²) in [6.45, 7) is -3.06. The molecule has 0 aromatic carbocycles. The Morgan fingerprint density at radius 3 is 2.58 bits per heavy atom. The highest BCUT2D eigenvalue weighted by Gasteiger charge is 2.11. The molecule has 0 aliphatic carbocycles. The van der Waals surface area contributed by atoms with Gasteiger partial charge in [-0.25, -0.2) is 4.79 Å². The van der Waals surface area contributed by atoms with Gasteiger partial charge < -0.3 is 0 Å². The van der Waals surface area contributed by atoms with Crippen molar-refractivity contribution in [1.29, 1.82) is 0 Å². The van der Waals surface area contributed by atoms with Crippen LogP contribution >= 0.6 is 15.9 Å². The molecular weight excluding hydrogens is 240 g/mol. The van der Waals surface area contributed by atoms with Crippen molar-refractivity contribution in [1.82, 2.24) is 14.8 Å². The van der Waals surface area contributed by atoms with Gasteiger partial charge in [-0.05, 0) is 15.9 Å². The Bertz CT molecular complexity index is 398. The summed E-state index contributed by atoms with van der Waals surface area (Å²) in [5.41, 5.74) is -2.07. The number of hydrogen-bond acceptors (Lipinski definition) is 3. The van der Waals surface area contributed by atoms with Gasteiger partial charge in [0.2, 0.25) is 0 Å². The Labute approximate surface area is 72.2 Å². The van der Waals surface area contributed by atoms with E-state index in [2.05, 4.69) is 21.0 Å². The fraction of sp³-hybridized carbons (Fsp3) is 0.250. The number of hydrogen-bond donors (Lipinski definition) is 1. The van der Waals surface area contributed by atoms with Gasteiger partial charge in [0.25, 0.3) is 5.56 Å². The standard InChI is InChI=1S/C4H2BrF2N3O2/c5-1-2(11)8-4(12)10(9-1)3(6)7/h3H,(H,8,11,12). The summed E-state index contributed by atoms with van der Waals surface area (Å²) in [6, 6.07) is 0. The molecule has 1 heterocycles. The fourth-order valence-corrected chi connectivity index (χ4v) is 0.794. The Balaban J connectivity index is 3.44. The first-order valence-electron chi connectivity index (χ1n) is 2.69. The highest BCUT2D eigenvalue weighted by Crippen LogP contribution is 2.03.